The quantitative estimate of drug-likeness (QED) is 0.547. The number of hydrogen-bond donors (Lipinski definition) is 1. The molecule has 0 unspecified atom stereocenters. The molecule has 0 aliphatic carbocycles. The zero-order valence-electron chi connectivity index (χ0n) is 15.7. The molecule has 6 nitrogen and oxygen atoms in total. The summed E-state index contributed by atoms with van der Waals surface area (Å²) in [5.41, 5.74) is 3.02. The van der Waals surface area contributed by atoms with Gasteiger partial charge in [-0.05, 0) is 45.9 Å². The molecule has 142 valence electrons. The summed E-state index contributed by atoms with van der Waals surface area (Å²) in [5, 5.41) is 7.01. The van der Waals surface area contributed by atoms with Crippen molar-refractivity contribution in [3.05, 3.63) is 39.8 Å². The Morgan fingerprint density at radius 3 is 2.67 bits per heavy atom. The summed E-state index contributed by atoms with van der Waals surface area (Å²) < 4.78 is 10.8. The van der Waals surface area contributed by atoms with Crippen molar-refractivity contribution >= 4 is 39.5 Å². The molecule has 2 aromatic heterocycles. The lowest BCUT2D eigenvalue weighted by Gasteiger charge is -2.12. The first kappa shape index (κ1) is 19.3. The standard InChI is InChI=1S/C19H21N3O3S2/c1-5-24-16-8-7-13(18(23)25-6-2)9-14(16)21-19-22-15(10-26-19)17-11(3)20-12(4)27-17/h7-10H,5-6H2,1-4H3,(H,21,22). The smallest absolute Gasteiger partial charge is 0.338 e. The van der Waals surface area contributed by atoms with Crippen molar-refractivity contribution in [3.8, 4) is 16.3 Å². The largest absolute Gasteiger partial charge is 0.492 e. The third kappa shape index (κ3) is 4.45. The number of nitrogens with zero attached hydrogens (tertiary/aromatic N) is 2. The van der Waals surface area contributed by atoms with Crippen molar-refractivity contribution < 1.29 is 14.3 Å². The van der Waals surface area contributed by atoms with Crippen LogP contribution in [0.5, 0.6) is 5.75 Å². The average Bonchev–Trinajstić information content (AvgIpc) is 3.22. The van der Waals surface area contributed by atoms with Gasteiger partial charge in [0, 0.05) is 5.38 Å². The number of nitrogens with one attached hydrogen (secondary N) is 1. The summed E-state index contributed by atoms with van der Waals surface area (Å²) in [6, 6.07) is 5.19. The van der Waals surface area contributed by atoms with Crippen molar-refractivity contribution in [3.63, 3.8) is 0 Å². The zero-order chi connectivity index (χ0) is 19.4. The van der Waals surface area contributed by atoms with Gasteiger partial charge in [-0.15, -0.1) is 22.7 Å². The molecule has 0 atom stereocenters. The fourth-order valence-corrected chi connectivity index (χ4v) is 4.24. The van der Waals surface area contributed by atoms with Gasteiger partial charge in [-0.1, -0.05) is 0 Å². The monoisotopic (exact) mass is 403 g/mol. The molecule has 0 spiro atoms. The molecular weight excluding hydrogens is 382 g/mol. The minimum atomic E-state index is -0.362. The molecule has 0 radical (unpaired) electrons. The van der Waals surface area contributed by atoms with Crippen LogP contribution in [0.15, 0.2) is 23.6 Å². The summed E-state index contributed by atoms with van der Waals surface area (Å²) in [5.74, 6) is 0.297. The minimum absolute atomic E-state index is 0.332. The van der Waals surface area contributed by atoms with Crippen LogP contribution in [-0.2, 0) is 4.74 Å². The molecule has 8 heteroatoms. The van der Waals surface area contributed by atoms with E-state index < -0.39 is 0 Å². The van der Waals surface area contributed by atoms with Crippen LogP contribution in [0.2, 0.25) is 0 Å². The van der Waals surface area contributed by atoms with Gasteiger partial charge >= 0.3 is 5.97 Å². The first-order chi connectivity index (χ1) is 13.0. The molecule has 0 saturated carbocycles. The lowest BCUT2D eigenvalue weighted by Crippen LogP contribution is -2.06. The number of carbonyl (C=O) groups is 1. The molecule has 3 aromatic rings. The number of esters is 1. The second kappa shape index (κ2) is 8.49. The fourth-order valence-electron chi connectivity index (χ4n) is 2.57. The highest BCUT2D eigenvalue weighted by molar-refractivity contribution is 7.16. The number of carbonyl (C=O) groups excluding carboxylic acids is 1. The van der Waals surface area contributed by atoms with Gasteiger partial charge in [-0.25, -0.2) is 14.8 Å². The van der Waals surface area contributed by atoms with Gasteiger partial charge in [0.15, 0.2) is 5.13 Å². The Hall–Kier alpha value is -2.45. The van der Waals surface area contributed by atoms with Crippen molar-refractivity contribution in [2.45, 2.75) is 27.7 Å². The molecule has 0 fully saturated rings. The van der Waals surface area contributed by atoms with E-state index in [0.29, 0.717) is 30.2 Å². The van der Waals surface area contributed by atoms with Gasteiger partial charge in [0.05, 0.1) is 45.7 Å². The van der Waals surface area contributed by atoms with Crippen LogP contribution in [0.25, 0.3) is 10.6 Å². The second-order valence-electron chi connectivity index (χ2n) is 5.67. The molecule has 27 heavy (non-hydrogen) atoms. The van der Waals surface area contributed by atoms with Gasteiger partial charge in [0.1, 0.15) is 5.75 Å². The number of aryl methyl sites for hydroxylation is 2. The molecule has 0 aliphatic heterocycles. The van der Waals surface area contributed by atoms with E-state index in [0.717, 1.165) is 26.4 Å². The van der Waals surface area contributed by atoms with Gasteiger partial charge in [-0.3, -0.25) is 0 Å². The van der Waals surface area contributed by atoms with Crippen LogP contribution >= 0.6 is 22.7 Å². The van der Waals surface area contributed by atoms with Crippen LogP contribution in [0.3, 0.4) is 0 Å². The van der Waals surface area contributed by atoms with E-state index in [2.05, 4.69) is 15.3 Å². The lowest BCUT2D eigenvalue weighted by molar-refractivity contribution is 0.0526. The number of rotatable bonds is 7. The van der Waals surface area contributed by atoms with E-state index in [1.165, 1.54) is 11.3 Å². The van der Waals surface area contributed by atoms with Crippen LogP contribution in [0.1, 0.15) is 34.9 Å². The molecule has 0 bridgehead atoms. The Labute approximate surface area is 166 Å². The average molecular weight is 404 g/mol. The maximum absolute atomic E-state index is 12.0. The predicted octanol–water partition coefficient (Wildman–Crippen LogP) is 5.20. The maximum atomic E-state index is 12.0. The van der Waals surface area contributed by atoms with E-state index in [-0.39, 0.29) is 5.97 Å². The van der Waals surface area contributed by atoms with E-state index in [1.807, 2.05) is 26.2 Å². The predicted molar refractivity (Wildman–Crippen MR) is 110 cm³/mol. The Bertz CT molecular complexity index is 950. The Balaban J connectivity index is 1.88. The minimum Gasteiger partial charge on any atom is -0.492 e. The van der Waals surface area contributed by atoms with Gasteiger partial charge in [-0.2, -0.15) is 0 Å². The second-order valence-corrected chi connectivity index (χ2v) is 7.74. The van der Waals surface area contributed by atoms with Crippen molar-refractivity contribution in [2.24, 2.45) is 0 Å². The summed E-state index contributed by atoms with van der Waals surface area (Å²) in [6.45, 7) is 8.53. The lowest BCUT2D eigenvalue weighted by atomic mass is 10.2. The molecule has 2 heterocycles. The van der Waals surface area contributed by atoms with Gasteiger partial charge < -0.3 is 14.8 Å². The SMILES string of the molecule is CCOC(=O)c1ccc(OCC)c(Nc2nc(-c3sc(C)nc3C)cs2)c1. The number of ether oxygens (including phenoxy) is 2. The topological polar surface area (TPSA) is 73.3 Å². The Morgan fingerprint density at radius 1 is 1.19 bits per heavy atom. The Morgan fingerprint density at radius 2 is 2.00 bits per heavy atom. The molecule has 0 amide bonds. The molecular formula is C19H21N3O3S2. The van der Waals surface area contributed by atoms with Crippen LogP contribution in [0.4, 0.5) is 10.8 Å². The van der Waals surface area contributed by atoms with E-state index >= 15 is 0 Å². The van der Waals surface area contributed by atoms with E-state index in [4.69, 9.17) is 9.47 Å². The van der Waals surface area contributed by atoms with Gasteiger partial charge in [0.2, 0.25) is 0 Å². The highest BCUT2D eigenvalue weighted by Crippen LogP contribution is 2.35. The third-order valence-electron chi connectivity index (χ3n) is 3.67. The van der Waals surface area contributed by atoms with Crippen LogP contribution in [-0.4, -0.2) is 29.2 Å². The van der Waals surface area contributed by atoms with Crippen LogP contribution in [0, 0.1) is 13.8 Å². The molecule has 1 aromatic carbocycles. The van der Waals surface area contributed by atoms with Crippen molar-refractivity contribution in [1.29, 1.82) is 0 Å². The zero-order valence-corrected chi connectivity index (χ0v) is 17.3. The molecule has 3 rings (SSSR count). The summed E-state index contributed by atoms with van der Waals surface area (Å²) in [7, 11) is 0. The van der Waals surface area contributed by atoms with E-state index in [9.17, 15) is 4.79 Å². The van der Waals surface area contributed by atoms with Crippen molar-refractivity contribution in [2.75, 3.05) is 18.5 Å². The third-order valence-corrected chi connectivity index (χ3v) is 5.53. The summed E-state index contributed by atoms with van der Waals surface area (Å²) in [4.78, 5) is 22.2. The maximum Gasteiger partial charge on any atom is 0.338 e. The Kier molecular flexibility index (Phi) is 6.08. The van der Waals surface area contributed by atoms with E-state index in [1.54, 1.807) is 36.5 Å². The molecule has 0 saturated heterocycles. The fraction of sp³-hybridized carbons (Fsp3) is 0.316. The van der Waals surface area contributed by atoms with Gasteiger partial charge in [0.25, 0.3) is 0 Å². The van der Waals surface area contributed by atoms with Crippen LogP contribution < -0.4 is 10.1 Å². The number of aromatic nitrogens is 2. The summed E-state index contributed by atoms with van der Waals surface area (Å²) in [6.07, 6.45) is 0. The van der Waals surface area contributed by atoms with Crippen molar-refractivity contribution in [1.82, 2.24) is 9.97 Å². The first-order valence-corrected chi connectivity index (χ1v) is 10.3. The number of thiazole rings is 2. The number of anilines is 2. The normalized spacial score (nSPS) is 10.7. The number of hydrogen-bond acceptors (Lipinski definition) is 8. The highest BCUT2D eigenvalue weighted by Gasteiger charge is 2.15. The summed E-state index contributed by atoms with van der Waals surface area (Å²) >= 11 is 3.12. The molecule has 1 N–H and O–H groups in total. The highest BCUT2D eigenvalue weighted by atomic mass is 32.1. The molecule has 0 aliphatic rings. The number of benzene rings is 1. The first-order valence-electron chi connectivity index (χ1n) is 8.62.